The summed E-state index contributed by atoms with van der Waals surface area (Å²) in [5.74, 6) is 0.145. The Morgan fingerprint density at radius 1 is 1.24 bits per heavy atom. The predicted octanol–water partition coefficient (Wildman–Crippen LogP) is 3.14. The Hall–Kier alpha value is -2.74. The monoisotopic (exact) mass is 357 g/mol. The molecule has 1 atom stereocenters. The highest BCUT2D eigenvalue weighted by atomic mass is 32.2. The topological polar surface area (TPSA) is 72.7 Å². The number of aromatic nitrogens is 4. The average Bonchev–Trinajstić information content (AvgIpc) is 2.98. The summed E-state index contributed by atoms with van der Waals surface area (Å²) in [4.78, 5) is 16.4. The normalized spacial score (nSPS) is 12.0. The van der Waals surface area contributed by atoms with Crippen molar-refractivity contribution in [1.82, 2.24) is 19.7 Å². The van der Waals surface area contributed by atoms with Crippen LogP contribution < -0.4 is 5.32 Å². The second-order valence-corrected chi connectivity index (χ2v) is 6.67. The summed E-state index contributed by atoms with van der Waals surface area (Å²) in [5, 5.41) is 11.3. The van der Waals surface area contributed by atoms with Gasteiger partial charge in [-0.1, -0.05) is 11.8 Å². The maximum Gasteiger partial charge on any atom is 0.237 e. The van der Waals surface area contributed by atoms with E-state index in [0.717, 1.165) is 5.56 Å². The highest BCUT2D eigenvalue weighted by Gasteiger charge is 2.19. The molecule has 2 heterocycles. The van der Waals surface area contributed by atoms with E-state index in [9.17, 15) is 9.18 Å². The summed E-state index contributed by atoms with van der Waals surface area (Å²) in [7, 11) is 1.84. The van der Waals surface area contributed by atoms with Crippen LogP contribution in [-0.4, -0.2) is 30.9 Å². The molecule has 0 saturated carbocycles. The van der Waals surface area contributed by atoms with E-state index >= 15 is 0 Å². The number of carbonyl (C=O) groups is 1. The number of nitrogens with zero attached hydrogens (tertiary/aromatic N) is 4. The quantitative estimate of drug-likeness (QED) is 0.710. The van der Waals surface area contributed by atoms with E-state index in [1.165, 1.54) is 36.0 Å². The predicted molar refractivity (Wildman–Crippen MR) is 94.6 cm³/mol. The number of hydrogen-bond donors (Lipinski definition) is 1. The molecule has 0 aliphatic rings. The van der Waals surface area contributed by atoms with Crippen LogP contribution in [0, 0.1) is 5.82 Å². The van der Waals surface area contributed by atoms with E-state index in [1.54, 1.807) is 19.3 Å². The van der Waals surface area contributed by atoms with Gasteiger partial charge in [0, 0.05) is 30.7 Å². The molecule has 0 aliphatic carbocycles. The molecular weight excluding hydrogens is 341 g/mol. The average molecular weight is 357 g/mol. The minimum absolute atomic E-state index is 0.192. The van der Waals surface area contributed by atoms with E-state index in [2.05, 4.69) is 20.5 Å². The van der Waals surface area contributed by atoms with Crippen LogP contribution in [0.3, 0.4) is 0 Å². The molecule has 6 nitrogen and oxygen atoms in total. The van der Waals surface area contributed by atoms with Crippen LogP contribution in [0.5, 0.6) is 0 Å². The largest absolute Gasteiger partial charge is 0.325 e. The number of benzene rings is 1. The van der Waals surface area contributed by atoms with Crippen LogP contribution in [0.1, 0.15) is 6.92 Å². The molecule has 3 aromatic rings. The van der Waals surface area contributed by atoms with Crippen molar-refractivity contribution in [2.75, 3.05) is 5.32 Å². The van der Waals surface area contributed by atoms with Crippen molar-refractivity contribution in [3.8, 4) is 11.4 Å². The lowest BCUT2D eigenvalue weighted by Gasteiger charge is -2.11. The van der Waals surface area contributed by atoms with Crippen LogP contribution in [0.2, 0.25) is 0 Å². The van der Waals surface area contributed by atoms with Crippen LogP contribution >= 0.6 is 11.8 Å². The van der Waals surface area contributed by atoms with Gasteiger partial charge in [0.25, 0.3) is 0 Å². The highest BCUT2D eigenvalue weighted by molar-refractivity contribution is 8.00. The first-order valence-corrected chi connectivity index (χ1v) is 8.45. The van der Waals surface area contributed by atoms with Crippen LogP contribution in [-0.2, 0) is 11.8 Å². The summed E-state index contributed by atoms with van der Waals surface area (Å²) in [6.45, 7) is 1.78. The van der Waals surface area contributed by atoms with Crippen molar-refractivity contribution < 1.29 is 9.18 Å². The molecule has 1 aromatic carbocycles. The van der Waals surface area contributed by atoms with Crippen molar-refractivity contribution in [2.45, 2.75) is 17.3 Å². The molecule has 0 saturated heterocycles. The minimum atomic E-state index is -0.394. The smallest absolute Gasteiger partial charge is 0.237 e. The lowest BCUT2D eigenvalue weighted by atomic mass is 10.3. The number of nitrogens with one attached hydrogen (secondary N) is 1. The standard InChI is InChI=1S/C17H16FN5OS/c1-11(16(24)20-14-7-5-13(18)6-8-14)25-17-22-21-15(23(17)2)12-4-3-9-19-10-12/h3-11H,1-2H3,(H,20,24)/t11-/m0/s1. The van der Waals surface area contributed by atoms with Gasteiger partial charge in [-0.25, -0.2) is 4.39 Å². The summed E-state index contributed by atoms with van der Waals surface area (Å²) in [5.41, 5.74) is 1.40. The van der Waals surface area contributed by atoms with Crippen molar-refractivity contribution in [3.63, 3.8) is 0 Å². The summed E-state index contributed by atoms with van der Waals surface area (Å²) < 4.78 is 14.7. The molecule has 2 aromatic heterocycles. The van der Waals surface area contributed by atoms with Crippen molar-refractivity contribution >= 4 is 23.4 Å². The first-order chi connectivity index (χ1) is 12.0. The van der Waals surface area contributed by atoms with Crippen molar-refractivity contribution in [1.29, 1.82) is 0 Å². The fourth-order valence-corrected chi connectivity index (χ4v) is 2.97. The molecule has 128 valence electrons. The third-order valence-corrected chi connectivity index (χ3v) is 4.65. The zero-order valence-electron chi connectivity index (χ0n) is 13.7. The van der Waals surface area contributed by atoms with Crippen molar-refractivity contribution in [2.24, 2.45) is 7.05 Å². The van der Waals surface area contributed by atoms with Gasteiger partial charge in [0.1, 0.15) is 5.82 Å². The van der Waals surface area contributed by atoms with Gasteiger partial charge >= 0.3 is 0 Å². The molecule has 8 heteroatoms. The number of hydrogen-bond acceptors (Lipinski definition) is 5. The van der Waals surface area contributed by atoms with Crippen molar-refractivity contribution in [3.05, 3.63) is 54.6 Å². The molecular formula is C17H16FN5OS. The second kappa shape index (κ2) is 7.43. The highest BCUT2D eigenvalue weighted by Crippen LogP contribution is 2.26. The number of rotatable bonds is 5. The zero-order valence-corrected chi connectivity index (χ0v) is 14.5. The van der Waals surface area contributed by atoms with Crippen LogP contribution in [0.4, 0.5) is 10.1 Å². The molecule has 0 aliphatic heterocycles. The zero-order chi connectivity index (χ0) is 17.8. The van der Waals surface area contributed by atoms with Gasteiger partial charge in [-0.05, 0) is 43.3 Å². The molecule has 3 rings (SSSR count). The fourth-order valence-electron chi connectivity index (χ4n) is 2.15. The van der Waals surface area contributed by atoms with Gasteiger partial charge in [-0.3, -0.25) is 9.78 Å². The van der Waals surface area contributed by atoms with E-state index in [0.29, 0.717) is 16.7 Å². The van der Waals surface area contributed by atoms with E-state index in [-0.39, 0.29) is 11.7 Å². The van der Waals surface area contributed by atoms with Gasteiger partial charge in [0.15, 0.2) is 11.0 Å². The lowest BCUT2D eigenvalue weighted by Crippen LogP contribution is -2.22. The molecule has 0 bridgehead atoms. The fraction of sp³-hybridized carbons (Fsp3) is 0.176. The number of carbonyl (C=O) groups excluding carboxylic acids is 1. The van der Waals surface area contributed by atoms with E-state index in [1.807, 2.05) is 23.7 Å². The third-order valence-electron chi connectivity index (χ3n) is 3.52. The Morgan fingerprint density at radius 3 is 2.68 bits per heavy atom. The first kappa shape index (κ1) is 17.1. The summed E-state index contributed by atoms with van der Waals surface area (Å²) in [6.07, 6.45) is 3.40. The number of anilines is 1. The number of pyridine rings is 1. The van der Waals surface area contributed by atoms with E-state index in [4.69, 9.17) is 0 Å². The van der Waals surface area contributed by atoms with Crippen LogP contribution in [0.15, 0.2) is 53.9 Å². The Morgan fingerprint density at radius 2 is 2.00 bits per heavy atom. The molecule has 1 N–H and O–H groups in total. The number of halogens is 1. The molecule has 1 amide bonds. The Bertz CT molecular complexity index is 867. The Labute approximate surface area is 148 Å². The molecule has 0 radical (unpaired) electrons. The lowest BCUT2D eigenvalue weighted by molar-refractivity contribution is -0.115. The van der Waals surface area contributed by atoms with Crippen LogP contribution in [0.25, 0.3) is 11.4 Å². The Balaban J connectivity index is 1.68. The van der Waals surface area contributed by atoms with Gasteiger partial charge in [-0.2, -0.15) is 0 Å². The number of amides is 1. The molecule has 0 spiro atoms. The maximum atomic E-state index is 12.9. The Kier molecular flexibility index (Phi) is 5.08. The third kappa shape index (κ3) is 4.03. The molecule has 25 heavy (non-hydrogen) atoms. The summed E-state index contributed by atoms with van der Waals surface area (Å²) in [6, 6.07) is 9.37. The SMILES string of the molecule is C[C@H](Sc1nnc(-c2cccnc2)n1C)C(=O)Nc1ccc(F)cc1. The summed E-state index contributed by atoms with van der Waals surface area (Å²) >= 11 is 1.30. The molecule has 0 unspecified atom stereocenters. The van der Waals surface area contributed by atoms with Gasteiger partial charge in [0.2, 0.25) is 5.91 Å². The van der Waals surface area contributed by atoms with Gasteiger partial charge in [0.05, 0.1) is 5.25 Å². The van der Waals surface area contributed by atoms with Gasteiger partial charge in [-0.15, -0.1) is 10.2 Å². The minimum Gasteiger partial charge on any atom is -0.325 e. The molecule has 0 fully saturated rings. The van der Waals surface area contributed by atoms with E-state index < -0.39 is 5.25 Å². The number of thioether (sulfide) groups is 1. The first-order valence-electron chi connectivity index (χ1n) is 7.57. The maximum absolute atomic E-state index is 12.9. The second-order valence-electron chi connectivity index (χ2n) is 5.36. The van der Waals surface area contributed by atoms with Gasteiger partial charge < -0.3 is 9.88 Å².